The number of carbonyl (C=O) groups is 1. The number of nitrogens with one attached hydrogen (secondary N) is 1. The predicted molar refractivity (Wildman–Crippen MR) is 121 cm³/mol. The minimum Gasteiger partial charge on any atom is -0.495 e. The topological polar surface area (TPSA) is 59.4 Å². The molecule has 6 nitrogen and oxygen atoms in total. The third-order valence-corrected chi connectivity index (χ3v) is 6.08. The molecule has 1 aliphatic heterocycles. The van der Waals surface area contributed by atoms with Crippen molar-refractivity contribution in [1.29, 1.82) is 0 Å². The minimum absolute atomic E-state index is 0.0554. The molecule has 156 valence electrons. The summed E-state index contributed by atoms with van der Waals surface area (Å²) in [6, 6.07) is 13.2. The van der Waals surface area contributed by atoms with Gasteiger partial charge >= 0.3 is 0 Å². The summed E-state index contributed by atoms with van der Waals surface area (Å²) in [5, 5.41) is 4.71. The number of imidazole rings is 1. The van der Waals surface area contributed by atoms with E-state index in [-0.39, 0.29) is 11.9 Å². The number of rotatable bonds is 6. The molecule has 8 heteroatoms. The average molecular weight is 443 g/mol. The lowest BCUT2D eigenvalue weighted by molar-refractivity contribution is 0.0940. The van der Waals surface area contributed by atoms with Gasteiger partial charge in [0.25, 0.3) is 5.91 Å². The van der Waals surface area contributed by atoms with E-state index in [1.54, 1.807) is 25.1 Å². The van der Waals surface area contributed by atoms with Crippen molar-refractivity contribution in [3.05, 3.63) is 65.4 Å². The van der Waals surface area contributed by atoms with Crippen LogP contribution < -0.4 is 15.0 Å². The summed E-state index contributed by atoms with van der Waals surface area (Å²) in [5.41, 5.74) is 2.50. The summed E-state index contributed by atoms with van der Waals surface area (Å²) in [6.45, 7) is 1.54. The van der Waals surface area contributed by atoms with Crippen LogP contribution in [0.3, 0.4) is 0 Å². The maximum absolute atomic E-state index is 12.9. The third kappa shape index (κ3) is 4.27. The molecule has 1 atom stereocenters. The van der Waals surface area contributed by atoms with Crippen molar-refractivity contribution in [3.63, 3.8) is 0 Å². The number of amides is 1. The van der Waals surface area contributed by atoms with Crippen LogP contribution in [0.1, 0.15) is 16.8 Å². The largest absolute Gasteiger partial charge is 0.495 e. The lowest BCUT2D eigenvalue weighted by Gasteiger charge is -2.22. The second kappa shape index (κ2) is 9.02. The molecule has 0 saturated carbocycles. The standard InChI is InChI=1S/C22H23ClN4O2S/c1-29-20-7-6-16(23)13-19(20)26-10-8-17(14-26)25-21(28)15-4-3-5-18(12-15)27-11-9-24-22(27)30-2/h3-7,9,11-13,17H,8,10,14H2,1-2H3,(H,25,28). The van der Waals surface area contributed by atoms with Gasteiger partial charge in [-0.25, -0.2) is 4.98 Å². The Kier molecular flexibility index (Phi) is 6.20. The fraction of sp³-hybridized carbons (Fsp3) is 0.273. The zero-order chi connectivity index (χ0) is 21.1. The van der Waals surface area contributed by atoms with Gasteiger partial charge in [0.1, 0.15) is 5.75 Å². The monoisotopic (exact) mass is 442 g/mol. The molecule has 0 radical (unpaired) electrons. The Morgan fingerprint density at radius 1 is 1.30 bits per heavy atom. The quantitative estimate of drug-likeness (QED) is 0.578. The highest BCUT2D eigenvalue weighted by Crippen LogP contribution is 2.33. The van der Waals surface area contributed by atoms with Gasteiger partial charge in [-0.1, -0.05) is 29.4 Å². The van der Waals surface area contributed by atoms with E-state index in [4.69, 9.17) is 16.3 Å². The van der Waals surface area contributed by atoms with Crippen LogP contribution in [0.4, 0.5) is 5.69 Å². The van der Waals surface area contributed by atoms with Crippen molar-refractivity contribution < 1.29 is 9.53 Å². The number of anilines is 1. The second-order valence-corrected chi connectivity index (χ2v) is 8.27. The maximum Gasteiger partial charge on any atom is 0.251 e. The van der Waals surface area contributed by atoms with Crippen LogP contribution in [0.25, 0.3) is 5.69 Å². The molecular weight excluding hydrogens is 420 g/mol. The highest BCUT2D eigenvalue weighted by atomic mass is 35.5. The van der Waals surface area contributed by atoms with Crippen molar-refractivity contribution in [3.8, 4) is 11.4 Å². The molecule has 0 spiro atoms. The fourth-order valence-electron chi connectivity index (χ4n) is 3.71. The van der Waals surface area contributed by atoms with E-state index in [9.17, 15) is 4.79 Å². The summed E-state index contributed by atoms with van der Waals surface area (Å²) >= 11 is 7.74. The van der Waals surface area contributed by atoms with Gasteiger partial charge in [0.15, 0.2) is 5.16 Å². The Labute approximate surface area is 185 Å². The molecule has 1 fully saturated rings. The maximum atomic E-state index is 12.9. The molecule has 4 rings (SSSR count). The van der Waals surface area contributed by atoms with Gasteiger partial charge < -0.3 is 15.0 Å². The predicted octanol–water partition coefficient (Wildman–Crippen LogP) is 4.26. The number of carbonyl (C=O) groups excluding carboxylic acids is 1. The summed E-state index contributed by atoms with van der Waals surface area (Å²) in [6.07, 6.45) is 6.50. The number of aromatic nitrogens is 2. The summed E-state index contributed by atoms with van der Waals surface area (Å²) in [4.78, 5) is 19.4. The van der Waals surface area contributed by atoms with Crippen LogP contribution in [0.5, 0.6) is 5.75 Å². The van der Waals surface area contributed by atoms with E-state index in [2.05, 4.69) is 15.2 Å². The van der Waals surface area contributed by atoms with Crippen molar-refractivity contribution in [2.75, 3.05) is 31.4 Å². The fourth-order valence-corrected chi connectivity index (χ4v) is 4.41. The van der Waals surface area contributed by atoms with E-state index in [1.165, 1.54) is 0 Å². The van der Waals surface area contributed by atoms with Crippen LogP contribution in [-0.4, -0.2) is 48.0 Å². The molecule has 0 bridgehead atoms. The lowest BCUT2D eigenvalue weighted by atomic mass is 10.1. The highest BCUT2D eigenvalue weighted by molar-refractivity contribution is 7.98. The zero-order valence-corrected chi connectivity index (χ0v) is 18.4. The average Bonchev–Trinajstić information content (AvgIpc) is 3.43. The van der Waals surface area contributed by atoms with Crippen molar-refractivity contribution >= 4 is 35.0 Å². The first-order valence-corrected chi connectivity index (χ1v) is 11.3. The van der Waals surface area contributed by atoms with Crippen LogP contribution in [0, 0.1) is 0 Å². The lowest BCUT2D eigenvalue weighted by Crippen LogP contribution is -2.37. The van der Waals surface area contributed by atoms with Crippen molar-refractivity contribution in [1.82, 2.24) is 14.9 Å². The van der Waals surface area contributed by atoms with Crippen LogP contribution in [0.2, 0.25) is 5.02 Å². The Hall–Kier alpha value is -2.64. The zero-order valence-electron chi connectivity index (χ0n) is 16.8. The summed E-state index contributed by atoms with van der Waals surface area (Å²) in [7, 11) is 1.65. The first kappa shape index (κ1) is 20.6. The molecule has 0 aliphatic carbocycles. The second-order valence-electron chi connectivity index (χ2n) is 7.06. The van der Waals surface area contributed by atoms with Gasteiger partial charge in [0.05, 0.1) is 12.8 Å². The van der Waals surface area contributed by atoms with E-state index in [0.717, 1.165) is 35.2 Å². The molecular formula is C22H23ClN4O2S. The van der Waals surface area contributed by atoms with Crippen molar-refractivity contribution in [2.24, 2.45) is 0 Å². The molecule has 2 aromatic carbocycles. The van der Waals surface area contributed by atoms with Gasteiger partial charge in [-0.05, 0) is 49.1 Å². The highest BCUT2D eigenvalue weighted by Gasteiger charge is 2.26. The normalized spacial score (nSPS) is 16.0. The number of halogens is 1. The molecule has 2 heterocycles. The van der Waals surface area contributed by atoms with Gasteiger partial charge in [0.2, 0.25) is 0 Å². The Morgan fingerprint density at radius 2 is 2.17 bits per heavy atom. The van der Waals surface area contributed by atoms with Crippen molar-refractivity contribution in [2.45, 2.75) is 17.6 Å². The molecule has 1 aliphatic rings. The number of benzene rings is 2. The molecule has 1 amide bonds. The first-order chi connectivity index (χ1) is 14.6. The summed E-state index contributed by atoms with van der Waals surface area (Å²) in [5.74, 6) is 0.705. The number of hydrogen-bond acceptors (Lipinski definition) is 5. The number of thioether (sulfide) groups is 1. The summed E-state index contributed by atoms with van der Waals surface area (Å²) < 4.78 is 7.45. The van der Waals surface area contributed by atoms with Gasteiger partial charge in [0, 0.05) is 47.8 Å². The molecule has 1 N–H and O–H groups in total. The van der Waals surface area contributed by atoms with Gasteiger partial charge in [-0.15, -0.1) is 0 Å². The molecule has 1 aromatic heterocycles. The van der Waals surface area contributed by atoms with Crippen LogP contribution >= 0.6 is 23.4 Å². The minimum atomic E-state index is -0.0763. The van der Waals surface area contributed by atoms with Gasteiger partial charge in [-0.3, -0.25) is 9.36 Å². The molecule has 1 saturated heterocycles. The van der Waals surface area contributed by atoms with Crippen LogP contribution in [-0.2, 0) is 0 Å². The number of hydrogen-bond donors (Lipinski definition) is 1. The first-order valence-electron chi connectivity index (χ1n) is 9.66. The number of ether oxygens (including phenoxy) is 1. The van der Waals surface area contributed by atoms with E-state index >= 15 is 0 Å². The molecule has 1 unspecified atom stereocenters. The smallest absolute Gasteiger partial charge is 0.251 e. The Bertz CT molecular complexity index is 1060. The Morgan fingerprint density at radius 3 is 2.97 bits per heavy atom. The van der Waals surface area contributed by atoms with Gasteiger partial charge in [-0.2, -0.15) is 0 Å². The SMILES string of the molecule is COc1ccc(Cl)cc1N1CCC(NC(=O)c2cccc(-n3ccnc3SC)c2)C1. The Balaban J connectivity index is 1.45. The van der Waals surface area contributed by atoms with E-state index in [0.29, 0.717) is 17.1 Å². The van der Waals surface area contributed by atoms with Crippen LogP contribution in [0.15, 0.2) is 60.0 Å². The number of nitrogens with zero attached hydrogens (tertiary/aromatic N) is 3. The van der Waals surface area contributed by atoms with E-state index < -0.39 is 0 Å². The molecule has 30 heavy (non-hydrogen) atoms. The number of methoxy groups -OCH3 is 1. The van der Waals surface area contributed by atoms with E-state index in [1.807, 2.05) is 59.5 Å². The third-order valence-electron chi connectivity index (χ3n) is 5.18. The molecule has 3 aromatic rings.